The van der Waals surface area contributed by atoms with E-state index < -0.39 is 10.0 Å². The fourth-order valence-electron chi connectivity index (χ4n) is 3.89. The van der Waals surface area contributed by atoms with Crippen molar-refractivity contribution in [2.24, 2.45) is 0 Å². The lowest BCUT2D eigenvalue weighted by atomic mass is 10.2. The highest BCUT2D eigenvalue weighted by Crippen LogP contribution is 2.26. The number of amides is 1. The molecule has 1 heterocycles. The minimum Gasteiger partial charge on any atom is -0.494 e. The van der Waals surface area contributed by atoms with E-state index in [2.05, 4.69) is 5.32 Å². The van der Waals surface area contributed by atoms with E-state index in [0.29, 0.717) is 30.8 Å². The van der Waals surface area contributed by atoms with Crippen LogP contribution in [0.3, 0.4) is 0 Å². The van der Waals surface area contributed by atoms with E-state index in [4.69, 9.17) is 4.74 Å². The molecule has 7 nitrogen and oxygen atoms in total. The summed E-state index contributed by atoms with van der Waals surface area (Å²) in [6, 6.07) is 24.2. The zero-order chi connectivity index (χ0) is 25.0. The molecule has 3 aromatic carbocycles. The summed E-state index contributed by atoms with van der Waals surface area (Å²) in [6.07, 6.45) is 0. The summed E-state index contributed by atoms with van der Waals surface area (Å²) in [4.78, 5) is 13.5. The molecule has 0 bridgehead atoms. The summed E-state index contributed by atoms with van der Waals surface area (Å²) >= 11 is 0. The normalized spacial score (nSPS) is 11.7. The number of nitrogens with one attached hydrogen (secondary N) is 1. The molecule has 35 heavy (non-hydrogen) atoms. The van der Waals surface area contributed by atoms with Crippen LogP contribution < -0.4 is 10.1 Å². The van der Waals surface area contributed by atoms with Gasteiger partial charge in [-0.3, -0.25) is 4.79 Å². The number of carbonyl (C=O) groups is 1. The van der Waals surface area contributed by atoms with Gasteiger partial charge in [0.05, 0.1) is 11.5 Å². The molecule has 0 spiro atoms. The van der Waals surface area contributed by atoms with Gasteiger partial charge >= 0.3 is 0 Å². The van der Waals surface area contributed by atoms with Crippen molar-refractivity contribution < 1.29 is 17.9 Å². The monoisotopic (exact) mass is 491 g/mol. The van der Waals surface area contributed by atoms with Crippen molar-refractivity contribution in [1.82, 2.24) is 14.2 Å². The topological polar surface area (TPSA) is 80.6 Å². The molecule has 4 rings (SSSR count). The average molecular weight is 492 g/mol. The van der Waals surface area contributed by atoms with Crippen molar-refractivity contribution in [3.63, 3.8) is 0 Å². The van der Waals surface area contributed by atoms with Gasteiger partial charge in [0, 0.05) is 38.1 Å². The zero-order valence-corrected chi connectivity index (χ0v) is 20.9. The summed E-state index contributed by atoms with van der Waals surface area (Å²) in [5.41, 5.74) is 3.24. The number of carbonyl (C=O) groups excluding carboxylic acids is 1. The Bertz CT molecular complexity index is 1430. The Balaban J connectivity index is 1.67. The molecule has 182 valence electrons. The second-order valence-corrected chi connectivity index (χ2v) is 10.5. The van der Waals surface area contributed by atoms with Gasteiger partial charge in [-0.25, -0.2) is 12.7 Å². The molecule has 1 N–H and O–H groups in total. The zero-order valence-electron chi connectivity index (χ0n) is 20.1. The molecule has 0 aliphatic rings. The Labute approximate surface area is 206 Å². The van der Waals surface area contributed by atoms with Gasteiger partial charge in [0.15, 0.2) is 0 Å². The fourth-order valence-corrected chi connectivity index (χ4v) is 4.83. The second kappa shape index (κ2) is 10.3. The van der Waals surface area contributed by atoms with E-state index in [-0.39, 0.29) is 10.8 Å². The van der Waals surface area contributed by atoms with Crippen molar-refractivity contribution in [3.05, 3.63) is 95.7 Å². The van der Waals surface area contributed by atoms with Gasteiger partial charge in [-0.2, -0.15) is 0 Å². The summed E-state index contributed by atoms with van der Waals surface area (Å²) in [7, 11) is -0.592. The average Bonchev–Trinajstić information content (AvgIpc) is 3.22. The number of benzene rings is 3. The van der Waals surface area contributed by atoms with E-state index in [1.807, 2.05) is 66.1 Å². The third kappa shape index (κ3) is 5.39. The van der Waals surface area contributed by atoms with Gasteiger partial charge in [0.1, 0.15) is 11.4 Å². The Kier molecular flexibility index (Phi) is 7.23. The minimum atomic E-state index is -3.59. The smallest absolute Gasteiger partial charge is 0.268 e. The number of fused-ring (bicyclic) bond motifs is 1. The molecule has 8 heteroatoms. The predicted molar refractivity (Wildman–Crippen MR) is 137 cm³/mol. The minimum absolute atomic E-state index is 0.188. The lowest BCUT2D eigenvalue weighted by molar-refractivity contribution is 0.0942. The first-order valence-corrected chi connectivity index (χ1v) is 12.8. The molecular weight excluding hydrogens is 462 g/mol. The molecule has 0 aliphatic heterocycles. The Morgan fingerprint density at radius 3 is 2.31 bits per heavy atom. The van der Waals surface area contributed by atoms with Crippen molar-refractivity contribution in [1.29, 1.82) is 0 Å². The van der Waals surface area contributed by atoms with E-state index in [1.165, 1.54) is 18.4 Å². The van der Waals surface area contributed by atoms with Crippen LogP contribution in [0.25, 0.3) is 10.9 Å². The van der Waals surface area contributed by atoms with Gasteiger partial charge in [-0.1, -0.05) is 42.5 Å². The highest BCUT2D eigenvalue weighted by atomic mass is 32.2. The van der Waals surface area contributed by atoms with Crippen LogP contribution in [0, 0.1) is 0 Å². The first kappa shape index (κ1) is 24.5. The second-order valence-electron chi connectivity index (χ2n) is 8.37. The summed E-state index contributed by atoms with van der Waals surface area (Å²) in [5, 5.41) is 3.68. The SMILES string of the molecule is CCOc1ccc(CNC(=O)c2cc3cc(S(=O)(=O)N(C)C)ccc3n2Cc2ccccc2)cc1. The van der Waals surface area contributed by atoms with Gasteiger partial charge in [-0.05, 0) is 54.4 Å². The van der Waals surface area contributed by atoms with Crippen molar-refractivity contribution in [2.75, 3.05) is 20.7 Å². The van der Waals surface area contributed by atoms with Gasteiger partial charge in [0.2, 0.25) is 10.0 Å². The first-order valence-electron chi connectivity index (χ1n) is 11.4. The molecule has 4 aromatic rings. The predicted octanol–water partition coefficient (Wildman–Crippen LogP) is 4.27. The van der Waals surface area contributed by atoms with Crippen LogP contribution >= 0.6 is 0 Å². The van der Waals surface area contributed by atoms with Gasteiger partial charge < -0.3 is 14.6 Å². The molecular formula is C27H29N3O4S. The van der Waals surface area contributed by atoms with Crippen LogP contribution in [0.5, 0.6) is 5.75 Å². The van der Waals surface area contributed by atoms with Gasteiger partial charge in [-0.15, -0.1) is 0 Å². The van der Waals surface area contributed by atoms with Crippen molar-refractivity contribution in [3.8, 4) is 5.75 Å². The van der Waals surface area contributed by atoms with Crippen LogP contribution in [0.2, 0.25) is 0 Å². The third-order valence-electron chi connectivity index (χ3n) is 5.75. The number of hydrogen-bond donors (Lipinski definition) is 1. The molecule has 1 amide bonds. The summed E-state index contributed by atoms with van der Waals surface area (Å²) in [6.45, 7) is 3.37. The molecule has 1 aromatic heterocycles. The lowest BCUT2D eigenvalue weighted by Crippen LogP contribution is -2.25. The molecule has 0 atom stereocenters. The van der Waals surface area contributed by atoms with E-state index >= 15 is 0 Å². The molecule has 0 saturated carbocycles. The first-order chi connectivity index (χ1) is 16.8. The Hall–Kier alpha value is -3.62. The number of nitrogens with zero attached hydrogens (tertiary/aromatic N) is 2. The van der Waals surface area contributed by atoms with E-state index in [1.54, 1.807) is 24.3 Å². The van der Waals surface area contributed by atoms with Crippen molar-refractivity contribution in [2.45, 2.75) is 24.9 Å². The largest absolute Gasteiger partial charge is 0.494 e. The number of aromatic nitrogens is 1. The number of ether oxygens (including phenoxy) is 1. The number of sulfonamides is 1. The Morgan fingerprint density at radius 1 is 0.943 bits per heavy atom. The molecule has 0 fully saturated rings. The van der Waals surface area contributed by atoms with Crippen LogP contribution in [-0.4, -0.2) is 43.9 Å². The van der Waals surface area contributed by atoms with Crippen LogP contribution in [-0.2, 0) is 23.1 Å². The van der Waals surface area contributed by atoms with Gasteiger partial charge in [0.25, 0.3) is 5.91 Å². The highest BCUT2D eigenvalue weighted by molar-refractivity contribution is 7.89. The van der Waals surface area contributed by atoms with E-state index in [9.17, 15) is 13.2 Å². The molecule has 0 radical (unpaired) electrons. The standard InChI is InChI=1S/C27H29N3O4S/c1-4-34-23-12-10-20(11-13-23)18-28-27(31)26-17-22-16-24(35(32,33)29(2)3)14-15-25(22)30(26)19-21-8-6-5-7-9-21/h5-17H,4,18-19H2,1-3H3,(H,28,31). The van der Waals surface area contributed by atoms with Crippen LogP contribution in [0.15, 0.2) is 83.8 Å². The molecule has 0 aliphatic carbocycles. The van der Waals surface area contributed by atoms with Crippen molar-refractivity contribution >= 4 is 26.8 Å². The molecule has 0 saturated heterocycles. The van der Waals surface area contributed by atoms with Crippen LogP contribution in [0.1, 0.15) is 28.5 Å². The number of hydrogen-bond acceptors (Lipinski definition) is 4. The number of rotatable bonds is 9. The quantitative estimate of drug-likeness (QED) is 0.379. The summed E-state index contributed by atoms with van der Waals surface area (Å²) < 4.78 is 33.9. The third-order valence-corrected chi connectivity index (χ3v) is 7.57. The highest BCUT2D eigenvalue weighted by Gasteiger charge is 2.21. The molecule has 0 unspecified atom stereocenters. The van der Waals surface area contributed by atoms with Crippen LogP contribution in [0.4, 0.5) is 0 Å². The van der Waals surface area contributed by atoms with E-state index in [0.717, 1.165) is 22.4 Å². The lowest BCUT2D eigenvalue weighted by Gasteiger charge is -2.13. The fraction of sp³-hybridized carbons (Fsp3) is 0.222. The Morgan fingerprint density at radius 2 is 1.66 bits per heavy atom. The maximum atomic E-state index is 13.3. The summed E-state index contributed by atoms with van der Waals surface area (Å²) in [5.74, 6) is 0.553. The maximum absolute atomic E-state index is 13.3. The maximum Gasteiger partial charge on any atom is 0.268 e.